The van der Waals surface area contributed by atoms with Crippen LogP contribution >= 0.6 is 0 Å². The van der Waals surface area contributed by atoms with Gasteiger partial charge >= 0.3 is 0 Å². The summed E-state index contributed by atoms with van der Waals surface area (Å²) in [6.45, 7) is 1.77. The first-order valence-corrected chi connectivity index (χ1v) is 12.1. The van der Waals surface area contributed by atoms with Crippen molar-refractivity contribution in [1.29, 1.82) is 0 Å². The second-order valence-corrected chi connectivity index (χ2v) is 9.07. The first-order valence-electron chi connectivity index (χ1n) is 12.1. The first-order chi connectivity index (χ1) is 17.8. The van der Waals surface area contributed by atoms with Crippen LogP contribution in [0.3, 0.4) is 0 Å². The van der Waals surface area contributed by atoms with Crippen LogP contribution in [0.2, 0.25) is 0 Å². The summed E-state index contributed by atoms with van der Waals surface area (Å²) in [6.07, 6.45) is 6.28. The van der Waals surface area contributed by atoms with Crippen molar-refractivity contribution < 1.29 is 18.0 Å². The Morgan fingerprint density at radius 2 is 1.73 bits per heavy atom. The van der Waals surface area contributed by atoms with Gasteiger partial charge in [-0.2, -0.15) is 0 Å². The largest absolute Gasteiger partial charge is 0.382 e. The fourth-order valence-corrected chi connectivity index (χ4v) is 4.45. The van der Waals surface area contributed by atoms with E-state index in [0.29, 0.717) is 5.82 Å². The van der Waals surface area contributed by atoms with Crippen molar-refractivity contribution in [3.05, 3.63) is 42.2 Å². The summed E-state index contributed by atoms with van der Waals surface area (Å²) < 4.78 is 41.8. The lowest BCUT2D eigenvalue weighted by Gasteiger charge is -2.31. The van der Waals surface area contributed by atoms with E-state index >= 15 is 0 Å². The molecule has 194 valence electrons. The molecule has 5 heterocycles. The zero-order chi connectivity index (χ0) is 26.0. The van der Waals surface area contributed by atoms with Crippen LogP contribution in [0.1, 0.15) is 42.6 Å². The summed E-state index contributed by atoms with van der Waals surface area (Å²) in [5.74, 6) is -3.89. The number of carbonyl (C=O) groups excluding carboxylic acids is 1. The zero-order valence-electron chi connectivity index (χ0n) is 20.0. The van der Waals surface area contributed by atoms with Crippen LogP contribution in [0.15, 0.2) is 30.7 Å². The summed E-state index contributed by atoms with van der Waals surface area (Å²) in [5.41, 5.74) is 6.26. The molecule has 3 aromatic rings. The van der Waals surface area contributed by atoms with E-state index in [9.17, 15) is 18.0 Å². The van der Waals surface area contributed by atoms with Gasteiger partial charge in [-0.15, -0.1) is 0 Å². The summed E-state index contributed by atoms with van der Waals surface area (Å²) in [6, 6.07) is 3.68. The molecule has 2 saturated heterocycles. The molecule has 3 N–H and O–H groups in total. The molecular weight excluding hydrogens is 487 g/mol. The number of anilines is 4. The van der Waals surface area contributed by atoms with Crippen molar-refractivity contribution in [2.45, 2.75) is 38.0 Å². The fraction of sp³-hybridized carbons (Fsp3) is 0.417. The van der Waals surface area contributed by atoms with E-state index in [2.05, 4.69) is 35.1 Å². The number of piperidine rings is 2. The number of alkyl halides is 2. The Hall–Kier alpha value is -4.03. The number of carbonyl (C=O) groups is 1. The number of rotatable bonds is 5. The molecule has 2 aliphatic rings. The number of nitrogens with two attached hydrogens (primary N) is 1. The van der Waals surface area contributed by atoms with E-state index in [0.717, 1.165) is 44.2 Å². The van der Waals surface area contributed by atoms with Crippen molar-refractivity contribution in [2.75, 3.05) is 47.0 Å². The molecule has 1 amide bonds. The van der Waals surface area contributed by atoms with Gasteiger partial charge in [-0.05, 0) is 31.4 Å². The molecule has 0 radical (unpaired) electrons. The Morgan fingerprint density at radius 1 is 0.973 bits per heavy atom. The number of nitrogen functional groups attached to an aromatic ring is 1. The molecule has 2 fully saturated rings. The van der Waals surface area contributed by atoms with E-state index in [1.165, 1.54) is 6.20 Å². The quantitative estimate of drug-likeness (QED) is 0.527. The normalized spacial score (nSPS) is 17.5. The SMILES string of the molecule is Nc1ncc(-c2nc(N3CCC(F)(F)CC3)ncc2F)nc1C(=O)Nc1ncccc1N1CCCCC1. The van der Waals surface area contributed by atoms with E-state index in [1.807, 2.05) is 6.07 Å². The van der Waals surface area contributed by atoms with Gasteiger partial charge in [0.2, 0.25) is 5.95 Å². The Balaban J connectivity index is 1.40. The molecule has 0 atom stereocenters. The summed E-state index contributed by atoms with van der Waals surface area (Å²) in [4.78, 5) is 37.6. The van der Waals surface area contributed by atoms with Gasteiger partial charge in [0.05, 0.1) is 18.1 Å². The molecule has 0 spiro atoms. The fourth-order valence-electron chi connectivity index (χ4n) is 4.45. The van der Waals surface area contributed by atoms with Gasteiger partial charge in [0, 0.05) is 45.2 Å². The van der Waals surface area contributed by atoms with Crippen LogP contribution in [-0.4, -0.2) is 62.9 Å². The third-order valence-electron chi connectivity index (χ3n) is 6.48. The number of amides is 1. The number of halogens is 3. The molecule has 5 rings (SSSR count). The van der Waals surface area contributed by atoms with Gasteiger partial charge < -0.3 is 20.9 Å². The number of nitrogens with zero attached hydrogens (tertiary/aromatic N) is 7. The average Bonchev–Trinajstić information content (AvgIpc) is 2.90. The Kier molecular flexibility index (Phi) is 6.76. The van der Waals surface area contributed by atoms with E-state index in [1.54, 1.807) is 17.2 Å². The average molecular weight is 514 g/mol. The molecule has 10 nitrogen and oxygen atoms in total. The van der Waals surface area contributed by atoms with Gasteiger partial charge in [-0.1, -0.05) is 0 Å². The number of aromatic nitrogens is 5. The van der Waals surface area contributed by atoms with Gasteiger partial charge in [0.25, 0.3) is 11.8 Å². The van der Waals surface area contributed by atoms with Crippen LogP contribution in [0.5, 0.6) is 0 Å². The van der Waals surface area contributed by atoms with E-state index in [-0.39, 0.29) is 54.8 Å². The molecule has 37 heavy (non-hydrogen) atoms. The Labute approximate surface area is 211 Å². The van der Waals surface area contributed by atoms with Gasteiger partial charge in [0.15, 0.2) is 23.1 Å². The molecule has 2 aliphatic heterocycles. The van der Waals surface area contributed by atoms with Crippen LogP contribution < -0.4 is 20.9 Å². The maximum absolute atomic E-state index is 14.7. The van der Waals surface area contributed by atoms with E-state index < -0.39 is 17.6 Å². The highest BCUT2D eigenvalue weighted by Gasteiger charge is 2.35. The summed E-state index contributed by atoms with van der Waals surface area (Å²) in [7, 11) is 0. The number of hydrogen-bond acceptors (Lipinski definition) is 9. The predicted molar refractivity (Wildman–Crippen MR) is 132 cm³/mol. The first kappa shape index (κ1) is 24.7. The minimum absolute atomic E-state index is 0.0303. The van der Waals surface area contributed by atoms with Gasteiger partial charge in [0.1, 0.15) is 11.4 Å². The molecule has 0 bridgehead atoms. The highest BCUT2D eigenvalue weighted by atomic mass is 19.3. The highest BCUT2D eigenvalue weighted by Crippen LogP contribution is 2.31. The minimum Gasteiger partial charge on any atom is -0.382 e. The Morgan fingerprint density at radius 3 is 2.49 bits per heavy atom. The lowest BCUT2D eigenvalue weighted by Crippen LogP contribution is -2.40. The predicted octanol–water partition coefficient (Wildman–Crippen LogP) is 3.53. The van der Waals surface area contributed by atoms with Gasteiger partial charge in [-0.3, -0.25) is 4.79 Å². The van der Waals surface area contributed by atoms with Crippen molar-refractivity contribution in [2.24, 2.45) is 0 Å². The number of hydrogen-bond donors (Lipinski definition) is 2. The van der Waals surface area contributed by atoms with Crippen LogP contribution in [0, 0.1) is 5.82 Å². The topological polar surface area (TPSA) is 126 Å². The maximum atomic E-state index is 14.7. The van der Waals surface area contributed by atoms with Crippen LogP contribution in [0.25, 0.3) is 11.4 Å². The lowest BCUT2D eigenvalue weighted by atomic mass is 10.1. The van der Waals surface area contributed by atoms with Crippen molar-refractivity contribution in [3.8, 4) is 11.4 Å². The minimum atomic E-state index is -2.74. The molecule has 13 heteroatoms. The molecule has 0 aromatic carbocycles. The lowest BCUT2D eigenvalue weighted by molar-refractivity contribution is -0.0222. The second kappa shape index (κ2) is 10.1. The van der Waals surface area contributed by atoms with Crippen molar-refractivity contribution in [3.63, 3.8) is 0 Å². The second-order valence-electron chi connectivity index (χ2n) is 9.07. The third-order valence-corrected chi connectivity index (χ3v) is 6.48. The molecule has 3 aromatic heterocycles. The Bertz CT molecular complexity index is 1290. The van der Waals surface area contributed by atoms with Crippen LogP contribution in [-0.2, 0) is 0 Å². The molecule has 0 unspecified atom stereocenters. The molecule has 0 aliphatic carbocycles. The standard InChI is InChI=1S/C24H26F3N9O/c25-15-13-31-23(36-11-6-24(26,27)7-12-36)33-18(15)16-14-30-20(28)19(32-16)22(37)34-21-17(5-4-8-29-21)35-9-2-1-3-10-35/h4-5,8,13-14H,1-3,6-7,9-12H2,(H2,28,30)(H,29,34,37). The molecular formula is C24H26F3N9O. The number of pyridine rings is 1. The van der Waals surface area contributed by atoms with Crippen molar-refractivity contribution >= 4 is 29.2 Å². The highest BCUT2D eigenvalue weighted by molar-refractivity contribution is 6.06. The maximum Gasteiger partial charge on any atom is 0.279 e. The van der Waals surface area contributed by atoms with Crippen molar-refractivity contribution in [1.82, 2.24) is 24.9 Å². The smallest absolute Gasteiger partial charge is 0.279 e. The summed E-state index contributed by atoms with van der Waals surface area (Å²) >= 11 is 0. The van der Waals surface area contributed by atoms with Crippen LogP contribution in [0.4, 0.5) is 36.4 Å². The monoisotopic (exact) mass is 513 g/mol. The zero-order valence-corrected chi connectivity index (χ0v) is 20.0. The molecule has 0 saturated carbocycles. The third kappa shape index (κ3) is 5.39. The number of nitrogens with one attached hydrogen (secondary N) is 1. The van der Waals surface area contributed by atoms with E-state index in [4.69, 9.17) is 5.73 Å². The summed E-state index contributed by atoms with van der Waals surface area (Å²) in [5, 5.41) is 2.75. The van der Waals surface area contributed by atoms with Gasteiger partial charge in [-0.25, -0.2) is 38.1 Å².